The fourth-order valence-corrected chi connectivity index (χ4v) is 4.53. The second-order valence-electron chi connectivity index (χ2n) is 9.16. The molecule has 3 rings (SSSR count). The number of carbonyl (C=O) groups excluding carboxylic acids is 2. The van der Waals surface area contributed by atoms with E-state index in [9.17, 15) is 49.1 Å². The Morgan fingerprint density at radius 2 is 1.50 bits per heavy atom. The molecule has 1 N–H and O–H groups in total. The highest BCUT2D eigenvalue weighted by Gasteiger charge is 2.52. The van der Waals surface area contributed by atoms with Crippen LogP contribution in [0.3, 0.4) is 0 Å². The molecule has 0 radical (unpaired) electrons. The summed E-state index contributed by atoms with van der Waals surface area (Å²) in [6.07, 6.45) is -14.2. The zero-order valence-electron chi connectivity index (χ0n) is 19.8. The van der Waals surface area contributed by atoms with E-state index in [0.717, 1.165) is 30.3 Å². The van der Waals surface area contributed by atoms with Crippen molar-refractivity contribution in [2.24, 2.45) is 5.41 Å². The van der Waals surface area contributed by atoms with Crippen LogP contribution >= 0.6 is 34.8 Å². The summed E-state index contributed by atoms with van der Waals surface area (Å²) in [5, 5.41) is 0.915. The molecule has 3 nitrogen and oxygen atoms in total. The maximum atomic E-state index is 13.8. The minimum absolute atomic E-state index is 0.00215. The quantitative estimate of drug-likeness (QED) is 0.178. The lowest BCUT2D eigenvalue weighted by Gasteiger charge is -2.19. The first-order chi connectivity index (χ1) is 18.2. The Bertz CT molecular complexity index is 1310. The third-order valence-corrected chi connectivity index (χ3v) is 7.33. The van der Waals surface area contributed by atoms with E-state index < -0.39 is 71.2 Å². The van der Waals surface area contributed by atoms with Crippen LogP contribution in [0.2, 0.25) is 15.1 Å². The molecule has 1 aliphatic rings. The van der Waals surface area contributed by atoms with E-state index in [2.05, 4.69) is 0 Å². The highest BCUT2D eigenvalue weighted by atomic mass is 35.5. The van der Waals surface area contributed by atoms with Gasteiger partial charge in [0.2, 0.25) is 5.91 Å². The maximum absolute atomic E-state index is 13.8. The number of rotatable bonds is 8. The van der Waals surface area contributed by atoms with Gasteiger partial charge in [-0.25, -0.2) is 0 Å². The van der Waals surface area contributed by atoms with E-state index in [1.165, 1.54) is 0 Å². The van der Waals surface area contributed by atoms with Crippen molar-refractivity contribution in [2.75, 3.05) is 6.54 Å². The number of benzene rings is 2. The number of halogens is 12. The molecule has 0 aliphatic heterocycles. The molecule has 0 unspecified atom stereocenters. The SMILES string of the molecule is O=C(CC1(C(=O)NCC(F)(F)F)CC1)c1ccc(/C=C/[C@@H](c2cc(Cl)c(Cl)c(Cl)c2)C(F)(F)F)cc1C(F)(F)F. The molecule has 40 heavy (non-hydrogen) atoms. The van der Waals surface area contributed by atoms with Crippen molar-refractivity contribution in [3.8, 4) is 0 Å². The Morgan fingerprint density at radius 3 is 1.98 bits per heavy atom. The number of allylic oxidation sites excluding steroid dienone is 1. The van der Waals surface area contributed by atoms with Gasteiger partial charge in [0.15, 0.2) is 5.78 Å². The van der Waals surface area contributed by atoms with Crippen LogP contribution in [0.15, 0.2) is 36.4 Å². The van der Waals surface area contributed by atoms with Gasteiger partial charge in [-0.3, -0.25) is 9.59 Å². The molecule has 0 aromatic heterocycles. The summed E-state index contributed by atoms with van der Waals surface area (Å²) >= 11 is 17.4. The zero-order valence-corrected chi connectivity index (χ0v) is 22.1. The van der Waals surface area contributed by atoms with Gasteiger partial charge in [0, 0.05) is 12.0 Å². The van der Waals surface area contributed by atoms with Crippen molar-refractivity contribution in [2.45, 2.75) is 43.7 Å². The highest BCUT2D eigenvalue weighted by Crippen LogP contribution is 2.50. The van der Waals surface area contributed by atoms with Crippen LogP contribution < -0.4 is 5.32 Å². The van der Waals surface area contributed by atoms with E-state index in [0.29, 0.717) is 12.1 Å². The highest BCUT2D eigenvalue weighted by molar-refractivity contribution is 6.48. The van der Waals surface area contributed by atoms with Gasteiger partial charge < -0.3 is 5.32 Å². The lowest BCUT2D eigenvalue weighted by molar-refractivity contribution is -0.141. The number of Topliss-reactive ketones (excluding diaryl/α,β-unsaturated/α-hetero) is 1. The molecule has 2 aromatic rings. The fraction of sp³-hybridized carbons (Fsp3) is 0.360. The van der Waals surface area contributed by atoms with Gasteiger partial charge in [-0.2, -0.15) is 39.5 Å². The van der Waals surface area contributed by atoms with Gasteiger partial charge in [0.25, 0.3) is 0 Å². The second kappa shape index (κ2) is 11.4. The molecule has 1 aliphatic carbocycles. The first-order valence-corrected chi connectivity index (χ1v) is 12.4. The van der Waals surface area contributed by atoms with Crippen molar-refractivity contribution in [1.29, 1.82) is 0 Å². The third-order valence-electron chi connectivity index (χ3n) is 6.13. The largest absolute Gasteiger partial charge is 0.417 e. The number of nitrogens with one attached hydrogen (secondary N) is 1. The maximum Gasteiger partial charge on any atom is 0.417 e. The summed E-state index contributed by atoms with van der Waals surface area (Å²) in [4.78, 5) is 24.9. The zero-order chi connectivity index (χ0) is 30.3. The molecule has 1 atom stereocenters. The van der Waals surface area contributed by atoms with Gasteiger partial charge in [0.1, 0.15) is 6.54 Å². The average Bonchev–Trinajstić information content (AvgIpc) is 3.59. The van der Waals surface area contributed by atoms with Crippen LogP contribution in [-0.2, 0) is 11.0 Å². The fourth-order valence-electron chi connectivity index (χ4n) is 3.92. The van der Waals surface area contributed by atoms with Crippen molar-refractivity contribution in [3.05, 3.63) is 73.7 Å². The lowest BCUT2D eigenvalue weighted by atomic mass is 9.91. The summed E-state index contributed by atoms with van der Waals surface area (Å²) < 4.78 is 120. The molecule has 2 aromatic carbocycles. The topological polar surface area (TPSA) is 46.2 Å². The summed E-state index contributed by atoms with van der Waals surface area (Å²) in [7, 11) is 0. The lowest BCUT2D eigenvalue weighted by Crippen LogP contribution is -2.39. The number of ketones is 1. The average molecular weight is 641 g/mol. The van der Waals surface area contributed by atoms with E-state index in [-0.39, 0.29) is 33.5 Å². The standard InChI is InChI=1S/C25H17Cl3F9NO2/c26-17-8-13(9-18(27)20(17)28)15(24(32,33)34)4-2-12-1-3-14(16(7-12)25(35,36)37)19(39)10-22(5-6-22)21(40)38-11-23(29,30)31/h1-4,7-9,15H,5-6,10-11H2,(H,38,40)/b4-2+/t15-/m0/s1. The number of amides is 1. The van der Waals surface area contributed by atoms with Gasteiger partial charge in [-0.1, -0.05) is 59.1 Å². The van der Waals surface area contributed by atoms with Crippen molar-refractivity contribution in [1.82, 2.24) is 5.32 Å². The molecular formula is C25H17Cl3F9NO2. The monoisotopic (exact) mass is 639 g/mol. The molecule has 15 heteroatoms. The summed E-state index contributed by atoms with van der Waals surface area (Å²) in [5.74, 6) is -4.59. The smallest absolute Gasteiger partial charge is 0.346 e. The normalized spacial score (nSPS) is 16.2. The van der Waals surface area contributed by atoms with Crippen LogP contribution in [0.4, 0.5) is 39.5 Å². The minimum Gasteiger partial charge on any atom is -0.346 e. The molecule has 0 heterocycles. The molecule has 1 fully saturated rings. The Labute approximate surface area is 236 Å². The Morgan fingerprint density at radius 1 is 0.925 bits per heavy atom. The minimum atomic E-state index is -5.12. The molecular weight excluding hydrogens is 624 g/mol. The van der Waals surface area contributed by atoms with Crippen LogP contribution in [-0.4, -0.2) is 30.6 Å². The van der Waals surface area contributed by atoms with Crippen molar-refractivity contribution in [3.63, 3.8) is 0 Å². The summed E-state index contributed by atoms with van der Waals surface area (Å²) in [6.45, 7) is -1.66. The van der Waals surface area contributed by atoms with Crippen LogP contribution in [0, 0.1) is 5.41 Å². The van der Waals surface area contributed by atoms with E-state index >= 15 is 0 Å². The summed E-state index contributed by atoms with van der Waals surface area (Å²) in [6, 6.07) is 4.01. The summed E-state index contributed by atoms with van der Waals surface area (Å²) in [5.41, 5.74) is -4.68. The second-order valence-corrected chi connectivity index (χ2v) is 10.4. The molecule has 0 spiro atoms. The van der Waals surface area contributed by atoms with Gasteiger partial charge in [0.05, 0.1) is 32.0 Å². The van der Waals surface area contributed by atoms with Gasteiger partial charge in [-0.05, 0) is 42.2 Å². The molecule has 1 saturated carbocycles. The van der Waals surface area contributed by atoms with E-state index in [1.807, 2.05) is 0 Å². The first-order valence-electron chi connectivity index (χ1n) is 11.2. The third kappa shape index (κ3) is 7.85. The van der Waals surface area contributed by atoms with E-state index in [1.54, 1.807) is 5.32 Å². The number of carbonyl (C=O) groups is 2. The van der Waals surface area contributed by atoms with Crippen molar-refractivity contribution < 1.29 is 49.1 Å². The predicted octanol–water partition coefficient (Wildman–Crippen LogP) is 9.06. The number of hydrogen-bond acceptors (Lipinski definition) is 2. The number of alkyl halides is 9. The van der Waals surface area contributed by atoms with Gasteiger partial charge in [-0.15, -0.1) is 0 Å². The van der Waals surface area contributed by atoms with Crippen molar-refractivity contribution >= 4 is 52.6 Å². The molecule has 1 amide bonds. The Balaban J connectivity index is 1.90. The van der Waals surface area contributed by atoms with Gasteiger partial charge >= 0.3 is 18.5 Å². The van der Waals surface area contributed by atoms with Crippen LogP contribution in [0.5, 0.6) is 0 Å². The molecule has 0 bridgehead atoms. The first kappa shape index (κ1) is 32.1. The van der Waals surface area contributed by atoms with Crippen LogP contribution in [0.1, 0.15) is 52.2 Å². The predicted molar refractivity (Wildman–Crippen MR) is 130 cm³/mol. The molecule has 218 valence electrons. The number of hydrogen-bond donors (Lipinski definition) is 1. The Kier molecular flexibility index (Phi) is 9.18. The van der Waals surface area contributed by atoms with Crippen LogP contribution in [0.25, 0.3) is 6.08 Å². The Hall–Kier alpha value is -2.44. The molecule has 0 saturated heterocycles. The van der Waals surface area contributed by atoms with E-state index in [4.69, 9.17) is 34.8 Å².